The van der Waals surface area contributed by atoms with Gasteiger partial charge in [-0.05, 0) is 12.1 Å². The maximum Gasteiger partial charge on any atom is 0.232 e. The van der Waals surface area contributed by atoms with Crippen LogP contribution in [-0.2, 0) is 14.8 Å². The van der Waals surface area contributed by atoms with Gasteiger partial charge in [-0.25, -0.2) is 8.42 Å². The molecule has 2 N–H and O–H groups in total. The Hall–Kier alpha value is -1.47. The lowest BCUT2D eigenvalue weighted by atomic mass is 10.2. The van der Waals surface area contributed by atoms with Gasteiger partial charge in [0.05, 0.1) is 18.6 Å². The zero-order valence-electron chi connectivity index (χ0n) is 10.7. The molecule has 0 aliphatic heterocycles. The van der Waals surface area contributed by atoms with Crippen molar-refractivity contribution in [3.05, 3.63) is 18.2 Å². The molecule has 1 aromatic carbocycles. The van der Waals surface area contributed by atoms with Crippen molar-refractivity contribution >= 4 is 21.4 Å². The number of methoxy groups -OCH3 is 1. The fourth-order valence-corrected chi connectivity index (χ4v) is 1.92. The first-order chi connectivity index (χ1) is 8.38. The molecule has 0 amide bonds. The first kappa shape index (κ1) is 14.6. The van der Waals surface area contributed by atoms with E-state index >= 15 is 0 Å². The summed E-state index contributed by atoms with van der Waals surface area (Å²) in [5.74, 6) is 0.417. The number of rotatable bonds is 6. The van der Waals surface area contributed by atoms with E-state index in [9.17, 15) is 8.42 Å². The zero-order valence-corrected chi connectivity index (χ0v) is 11.5. The summed E-state index contributed by atoms with van der Waals surface area (Å²) in [6, 6.07) is 5.00. The summed E-state index contributed by atoms with van der Waals surface area (Å²) in [7, 11) is -0.393. The van der Waals surface area contributed by atoms with E-state index in [-0.39, 0.29) is 0 Å². The third-order valence-electron chi connectivity index (χ3n) is 2.39. The van der Waals surface area contributed by atoms with Crippen molar-refractivity contribution in [2.75, 3.05) is 43.7 Å². The van der Waals surface area contributed by atoms with Crippen molar-refractivity contribution in [2.45, 2.75) is 0 Å². The average Bonchev–Trinajstić information content (AvgIpc) is 2.27. The number of anilines is 2. The Labute approximate surface area is 107 Å². The third kappa shape index (κ3) is 3.51. The van der Waals surface area contributed by atoms with Gasteiger partial charge in [-0.3, -0.25) is 4.31 Å². The second-order valence-corrected chi connectivity index (χ2v) is 5.78. The Kier molecular flexibility index (Phi) is 4.80. The van der Waals surface area contributed by atoms with Crippen LogP contribution in [0.4, 0.5) is 11.4 Å². The van der Waals surface area contributed by atoms with E-state index in [1.165, 1.54) is 7.05 Å². The molecule has 0 saturated carbocycles. The number of para-hydroxylation sites is 1. The Morgan fingerprint density at radius 1 is 1.33 bits per heavy atom. The number of nitrogen functional groups attached to an aromatic ring is 1. The van der Waals surface area contributed by atoms with E-state index in [2.05, 4.69) is 0 Å². The smallest absolute Gasteiger partial charge is 0.232 e. The van der Waals surface area contributed by atoms with E-state index in [1.807, 2.05) is 0 Å². The first-order valence-electron chi connectivity index (χ1n) is 5.32. The number of nitrogens with zero attached hydrogens (tertiary/aromatic N) is 1. The van der Waals surface area contributed by atoms with Gasteiger partial charge in [-0.2, -0.15) is 0 Å². The topological polar surface area (TPSA) is 81.9 Å². The Morgan fingerprint density at radius 3 is 2.56 bits per heavy atom. The predicted molar refractivity (Wildman–Crippen MR) is 71.5 cm³/mol. The molecule has 0 aliphatic rings. The van der Waals surface area contributed by atoms with E-state index < -0.39 is 10.0 Å². The van der Waals surface area contributed by atoms with Gasteiger partial charge < -0.3 is 15.2 Å². The van der Waals surface area contributed by atoms with Gasteiger partial charge in [0, 0.05) is 14.2 Å². The van der Waals surface area contributed by atoms with Crippen LogP contribution in [0.1, 0.15) is 0 Å². The van der Waals surface area contributed by atoms with Crippen LogP contribution in [0.25, 0.3) is 0 Å². The molecule has 1 rings (SSSR count). The fourth-order valence-electron chi connectivity index (χ4n) is 1.39. The minimum absolute atomic E-state index is 0.324. The molecule has 0 aliphatic carbocycles. The van der Waals surface area contributed by atoms with Gasteiger partial charge in [0.1, 0.15) is 18.0 Å². The molecular weight excluding hydrogens is 256 g/mol. The van der Waals surface area contributed by atoms with E-state index in [0.717, 1.165) is 10.6 Å². The summed E-state index contributed by atoms with van der Waals surface area (Å²) in [5, 5.41) is 0. The van der Waals surface area contributed by atoms with Crippen LogP contribution in [0.15, 0.2) is 18.2 Å². The molecule has 1 aromatic rings. The normalized spacial score (nSPS) is 11.3. The summed E-state index contributed by atoms with van der Waals surface area (Å²) < 4.78 is 34.6. The number of sulfonamides is 1. The van der Waals surface area contributed by atoms with E-state index in [4.69, 9.17) is 15.2 Å². The van der Waals surface area contributed by atoms with Crippen LogP contribution in [-0.4, -0.2) is 42.0 Å². The Balaban J connectivity index is 3.08. The number of ether oxygens (including phenoxy) is 2. The van der Waals surface area contributed by atoms with Gasteiger partial charge in [-0.1, -0.05) is 6.07 Å². The molecule has 0 heterocycles. The third-order valence-corrected chi connectivity index (χ3v) is 3.57. The predicted octanol–water partition coefficient (Wildman–Crippen LogP) is 0.690. The molecule has 0 atom stereocenters. The standard InChI is InChI=1S/C11H18N2O4S/c1-13(18(3,14)15)11-9(12)5-4-6-10(11)17-8-7-16-2/h4-6H,7-8,12H2,1-3H3. The molecule has 0 radical (unpaired) electrons. The molecule has 0 aromatic heterocycles. The fraction of sp³-hybridized carbons (Fsp3) is 0.455. The van der Waals surface area contributed by atoms with Crippen molar-refractivity contribution in [3.63, 3.8) is 0 Å². The molecule has 0 bridgehead atoms. The summed E-state index contributed by atoms with van der Waals surface area (Å²) in [6.45, 7) is 0.737. The second kappa shape index (κ2) is 5.92. The van der Waals surface area contributed by atoms with Gasteiger partial charge in [0.15, 0.2) is 0 Å². The van der Waals surface area contributed by atoms with Gasteiger partial charge in [-0.15, -0.1) is 0 Å². The molecule has 6 nitrogen and oxygen atoms in total. The average molecular weight is 274 g/mol. The van der Waals surface area contributed by atoms with Crippen LogP contribution in [0.5, 0.6) is 5.75 Å². The number of benzene rings is 1. The van der Waals surface area contributed by atoms with Crippen LogP contribution >= 0.6 is 0 Å². The first-order valence-corrected chi connectivity index (χ1v) is 7.17. The number of hydrogen-bond donors (Lipinski definition) is 1. The van der Waals surface area contributed by atoms with Crippen molar-refractivity contribution in [3.8, 4) is 5.75 Å². The lowest BCUT2D eigenvalue weighted by Crippen LogP contribution is -2.26. The highest BCUT2D eigenvalue weighted by atomic mass is 32.2. The maximum atomic E-state index is 11.6. The van der Waals surface area contributed by atoms with Gasteiger partial charge in [0.2, 0.25) is 10.0 Å². The monoisotopic (exact) mass is 274 g/mol. The Morgan fingerprint density at radius 2 is 2.00 bits per heavy atom. The summed E-state index contributed by atoms with van der Waals surface area (Å²) >= 11 is 0. The SMILES string of the molecule is COCCOc1cccc(N)c1N(C)S(C)(=O)=O. The van der Waals surface area contributed by atoms with Crippen molar-refractivity contribution in [1.29, 1.82) is 0 Å². The Bertz CT molecular complexity index is 502. The van der Waals surface area contributed by atoms with Gasteiger partial charge >= 0.3 is 0 Å². The van der Waals surface area contributed by atoms with Crippen LogP contribution in [0.2, 0.25) is 0 Å². The second-order valence-electron chi connectivity index (χ2n) is 3.77. The number of hydrogen-bond acceptors (Lipinski definition) is 5. The molecule has 0 spiro atoms. The highest BCUT2D eigenvalue weighted by molar-refractivity contribution is 7.92. The summed E-state index contributed by atoms with van der Waals surface area (Å²) in [5.41, 5.74) is 6.49. The van der Waals surface area contributed by atoms with Crippen LogP contribution in [0.3, 0.4) is 0 Å². The molecule has 0 unspecified atom stereocenters. The summed E-state index contributed by atoms with van der Waals surface area (Å²) in [4.78, 5) is 0. The van der Waals surface area contributed by atoms with Gasteiger partial charge in [0.25, 0.3) is 0 Å². The highest BCUT2D eigenvalue weighted by Crippen LogP contribution is 2.34. The minimum atomic E-state index is -3.39. The van der Waals surface area contributed by atoms with Crippen molar-refractivity contribution in [1.82, 2.24) is 0 Å². The lowest BCUT2D eigenvalue weighted by Gasteiger charge is -2.21. The molecule has 18 heavy (non-hydrogen) atoms. The lowest BCUT2D eigenvalue weighted by molar-refractivity contribution is 0.146. The molecule has 0 saturated heterocycles. The van der Waals surface area contributed by atoms with Crippen molar-refractivity contribution < 1.29 is 17.9 Å². The maximum absolute atomic E-state index is 11.6. The molecular formula is C11H18N2O4S. The molecule has 0 fully saturated rings. The van der Waals surface area contributed by atoms with E-state index in [0.29, 0.717) is 30.3 Å². The van der Waals surface area contributed by atoms with Crippen LogP contribution in [0, 0.1) is 0 Å². The van der Waals surface area contributed by atoms with E-state index in [1.54, 1.807) is 25.3 Å². The highest BCUT2D eigenvalue weighted by Gasteiger charge is 2.19. The number of nitrogens with two attached hydrogens (primary N) is 1. The quantitative estimate of drug-likeness (QED) is 0.609. The zero-order chi connectivity index (χ0) is 13.8. The van der Waals surface area contributed by atoms with Crippen molar-refractivity contribution in [2.24, 2.45) is 0 Å². The minimum Gasteiger partial charge on any atom is -0.489 e. The molecule has 7 heteroatoms. The molecule has 102 valence electrons. The van der Waals surface area contributed by atoms with Crippen LogP contribution < -0.4 is 14.8 Å². The largest absolute Gasteiger partial charge is 0.489 e. The summed E-state index contributed by atoms with van der Waals surface area (Å²) in [6.07, 6.45) is 1.11.